The van der Waals surface area contributed by atoms with E-state index in [-0.39, 0.29) is 0 Å². The van der Waals surface area contributed by atoms with Crippen molar-refractivity contribution < 1.29 is 4.74 Å². The Morgan fingerprint density at radius 1 is 1.22 bits per heavy atom. The van der Waals surface area contributed by atoms with Crippen molar-refractivity contribution in [3.63, 3.8) is 0 Å². The van der Waals surface area contributed by atoms with Crippen LogP contribution in [0.5, 0.6) is 0 Å². The maximum atomic E-state index is 5.74. The second-order valence-corrected chi connectivity index (χ2v) is 8.27. The minimum atomic E-state index is 0.352. The largest absolute Gasteiger partial charge is 0.377 e. The zero-order valence-corrected chi connectivity index (χ0v) is 16.3. The first kappa shape index (κ1) is 17.0. The van der Waals surface area contributed by atoms with Crippen LogP contribution in [0.1, 0.15) is 36.6 Å². The Morgan fingerprint density at radius 2 is 2.15 bits per heavy atom. The van der Waals surface area contributed by atoms with E-state index in [1.807, 2.05) is 11.3 Å². The third-order valence-electron chi connectivity index (χ3n) is 5.56. The van der Waals surface area contributed by atoms with Gasteiger partial charge in [0.2, 0.25) is 0 Å². The van der Waals surface area contributed by atoms with Crippen molar-refractivity contribution in [2.75, 3.05) is 24.7 Å². The Kier molecular flexibility index (Phi) is 4.49. The fourth-order valence-electron chi connectivity index (χ4n) is 4.15. The molecule has 2 aliphatic rings. The van der Waals surface area contributed by atoms with Crippen molar-refractivity contribution in [3.8, 4) is 11.5 Å². The molecule has 27 heavy (non-hydrogen) atoms. The minimum Gasteiger partial charge on any atom is -0.377 e. The molecule has 1 saturated heterocycles. The molecule has 1 atom stereocenters. The summed E-state index contributed by atoms with van der Waals surface area (Å²) in [7, 11) is 0. The average molecular weight is 382 g/mol. The molecule has 0 aromatic carbocycles. The minimum absolute atomic E-state index is 0.352. The summed E-state index contributed by atoms with van der Waals surface area (Å²) in [5.74, 6) is 1.74. The standard InChI is InChI=1S/C20H23N5OS/c1-2-13-12-26-10-9-25(13)19-17-14-5-3-4-6-16(14)27-20(17)24-18(23-19)15-11-21-7-8-22-15/h7-8,11,13H,2-6,9-10,12H2,1H3. The number of aryl methyl sites for hydroxylation is 2. The molecule has 5 rings (SSSR count). The molecule has 0 saturated carbocycles. The van der Waals surface area contributed by atoms with E-state index in [0.29, 0.717) is 11.9 Å². The van der Waals surface area contributed by atoms with Gasteiger partial charge in [0, 0.05) is 23.8 Å². The summed E-state index contributed by atoms with van der Waals surface area (Å²) in [6.07, 6.45) is 11.0. The quantitative estimate of drug-likeness (QED) is 0.690. The maximum absolute atomic E-state index is 5.74. The van der Waals surface area contributed by atoms with Gasteiger partial charge in [0.25, 0.3) is 0 Å². The van der Waals surface area contributed by atoms with Gasteiger partial charge in [0.15, 0.2) is 5.82 Å². The third-order valence-corrected chi connectivity index (χ3v) is 6.74. The molecule has 1 aliphatic heterocycles. The number of fused-ring (bicyclic) bond motifs is 3. The smallest absolute Gasteiger partial charge is 0.183 e. The van der Waals surface area contributed by atoms with Gasteiger partial charge in [-0.25, -0.2) is 15.0 Å². The fourth-order valence-corrected chi connectivity index (χ4v) is 5.40. The van der Waals surface area contributed by atoms with Crippen LogP contribution in [0.2, 0.25) is 0 Å². The lowest BCUT2D eigenvalue weighted by Gasteiger charge is -2.36. The number of hydrogen-bond donors (Lipinski definition) is 0. The molecule has 0 bridgehead atoms. The van der Waals surface area contributed by atoms with E-state index in [4.69, 9.17) is 14.7 Å². The predicted octanol–water partition coefficient (Wildman–Crippen LogP) is 3.64. The van der Waals surface area contributed by atoms with Crippen molar-refractivity contribution in [2.45, 2.75) is 45.1 Å². The number of aromatic nitrogens is 4. The van der Waals surface area contributed by atoms with E-state index in [0.717, 1.165) is 55.4 Å². The number of rotatable bonds is 3. The van der Waals surface area contributed by atoms with Crippen LogP contribution in [0.3, 0.4) is 0 Å². The molecule has 3 aromatic rings. The number of nitrogens with zero attached hydrogens (tertiary/aromatic N) is 5. The highest BCUT2D eigenvalue weighted by Gasteiger charge is 2.29. The lowest BCUT2D eigenvalue weighted by atomic mass is 9.96. The van der Waals surface area contributed by atoms with Gasteiger partial charge in [-0.15, -0.1) is 11.3 Å². The van der Waals surface area contributed by atoms with Crippen LogP contribution in [0.15, 0.2) is 18.6 Å². The van der Waals surface area contributed by atoms with Crippen LogP contribution in [-0.4, -0.2) is 45.7 Å². The summed E-state index contributed by atoms with van der Waals surface area (Å²) < 4.78 is 5.74. The van der Waals surface area contributed by atoms with Crippen LogP contribution in [0.4, 0.5) is 5.82 Å². The SMILES string of the molecule is CCC1COCCN1c1nc(-c2cnccn2)nc2sc3c(c12)CCCC3. The Labute approximate surface area is 162 Å². The first-order chi connectivity index (χ1) is 13.3. The molecular formula is C20H23N5OS. The zero-order chi connectivity index (χ0) is 18.2. The highest BCUT2D eigenvalue weighted by Crippen LogP contribution is 2.41. The zero-order valence-electron chi connectivity index (χ0n) is 15.5. The van der Waals surface area contributed by atoms with Crippen LogP contribution in [0.25, 0.3) is 21.7 Å². The summed E-state index contributed by atoms with van der Waals surface area (Å²) in [4.78, 5) is 23.6. The lowest BCUT2D eigenvalue weighted by molar-refractivity contribution is 0.0927. The van der Waals surface area contributed by atoms with E-state index in [1.165, 1.54) is 28.7 Å². The molecule has 1 unspecified atom stereocenters. The lowest BCUT2D eigenvalue weighted by Crippen LogP contribution is -2.45. The van der Waals surface area contributed by atoms with Gasteiger partial charge in [-0.2, -0.15) is 0 Å². The number of hydrogen-bond acceptors (Lipinski definition) is 7. The number of anilines is 1. The van der Waals surface area contributed by atoms with E-state index >= 15 is 0 Å². The first-order valence-electron chi connectivity index (χ1n) is 9.78. The molecule has 1 aliphatic carbocycles. The number of thiophene rings is 1. The van der Waals surface area contributed by atoms with Gasteiger partial charge in [0.1, 0.15) is 16.3 Å². The van der Waals surface area contributed by atoms with Gasteiger partial charge in [0.05, 0.1) is 30.8 Å². The van der Waals surface area contributed by atoms with Gasteiger partial charge >= 0.3 is 0 Å². The summed E-state index contributed by atoms with van der Waals surface area (Å²) in [5, 5.41) is 1.27. The molecule has 0 radical (unpaired) electrons. The van der Waals surface area contributed by atoms with Crippen LogP contribution in [0, 0.1) is 0 Å². The van der Waals surface area contributed by atoms with Crippen LogP contribution in [-0.2, 0) is 17.6 Å². The molecule has 140 valence electrons. The van der Waals surface area contributed by atoms with Crippen LogP contribution < -0.4 is 4.90 Å². The molecule has 0 N–H and O–H groups in total. The number of morpholine rings is 1. The third kappa shape index (κ3) is 2.99. The van der Waals surface area contributed by atoms with E-state index in [2.05, 4.69) is 21.8 Å². The molecule has 6 nitrogen and oxygen atoms in total. The topological polar surface area (TPSA) is 64.0 Å². The molecule has 0 amide bonds. The summed E-state index contributed by atoms with van der Waals surface area (Å²) in [6, 6.07) is 0.352. The van der Waals surface area contributed by atoms with Gasteiger partial charge < -0.3 is 9.64 Å². The number of ether oxygens (including phenoxy) is 1. The summed E-state index contributed by atoms with van der Waals surface area (Å²) in [6.45, 7) is 4.59. The Balaban J connectivity index is 1.74. The van der Waals surface area contributed by atoms with Gasteiger partial charge in [-0.05, 0) is 37.7 Å². The van der Waals surface area contributed by atoms with Gasteiger partial charge in [-0.1, -0.05) is 6.92 Å². The van der Waals surface area contributed by atoms with Crippen molar-refractivity contribution in [1.82, 2.24) is 19.9 Å². The van der Waals surface area contributed by atoms with Crippen molar-refractivity contribution >= 4 is 27.4 Å². The Hall–Kier alpha value is -2.12. The fraction of sp³-hybridized carbons (Fsp3) is 0.500. The second kappa shape index (κ2) is 7.13. The van der Waals surface area contributed by atoms with Crippen molar-refractivity contribution in [3.05, 3.63) is 29.0 Å². The highest BCUT2D eigenvalue weighted by molar-refractivity contribution is 7.19. The van der Waals surface area contributed by atoms with E-state index in [1.54, 1.807) is 18.6 Å². The monoisotopic (exact) mass is 381 g/mol. The molecule has 7 heteroatoms. The van der Waals surface area contributed by atoms with E-state index in [9.17, 15) is 0 Å². The maximum Gasteiger partial charge on any atom is 0.183 e. The summed E-state index contributed by atoms with van der Waals surface area (Å²) in [5.41, 5.74) is 2.21. The van der Waals surface area contributed by atoms with Crippen molar-refractivity contribution in [1.29, 1.82) is 0 Å². The normalized spacial score (nSPS) is 20.0. The molecule has 0 spiro atoms. The average Bonchev–Trinajstić information content (AvgIpc) is 3.12. The second-order valence-electron chi connectivity index (χ2n) is 7.18. The van der Waals surface area contributed by atoms with Gasteiger partial charge in [-0.3, -0.25) is 4.98 Å². The molecule has 3 aromatic heterocycles. The Morgan fingerprint density at radius 3 is 3.00 bits per heavy atom. The predicted molar refractivity (Wildman–Crippen MR) is 107 cm³/mol. The molecule has 4 heterocycles. The molecule has 1 fully saturated rings. The first-order valence-corrected chi connectivity index (χ1v) is 10.6. The van der Waals surface area contributed by atoms with Crippen LogP contribution >= 0.6 is 11.3 Å². The highest BCUT2D eigenvalue weighted by atomic mass is 32.1. The van der Waals surface area contributed by atoms with E-state index < -0.39 is 0 Å². The Bertz CT molecular complexity index is 958. The van der Waals surface area contributed by atoms with Crippen molar-refractivity contribution in [2.24, 2.45) is 0 Å². The molecular weight excluding hydrogens is 358 g/mol. The summed E-state index contributed by atoms with van der Waals surface area (Å²) >= 11 is 1.84.